The SMILES string of the molecule is C=CCC(C=C)[P+](=O)O. The van der Waals surface area contributed by atoms with Gasteiger partial charge in [0.2, 0.25) is 5.66 Å². The van der Waals surface area contributed by atoms with Crippen LogP contribution < -0.4 is 0 Å². The van der Waals surface area contributed by atoms with E-state index in [4.69, 9.17) is 4.89 Å². The van der Waals surface area contributed by atoms with Crippen LogP contribution in [0.4, 0.5) is 0 Å². The van der Waals surface area contributed by atoms with Gasteiger partial charge < -0.3 is 0 Å². The molecule has 0 spiro atoms. The first-order valence-corrected chi connectivity index (χ1v) is 3.89. The maximum atomic E-state index is 10.3. The Morgan fingerprint density at radius 1 is 1.67 bits per heavy atom. The fourth-order valence-electron chi connectivity index (χ4n) is 0.447. The van der Waals surface area contributed by atoms with Crippen molar-refractivity contribution in [3.8, 4) is 0 Å². The average molecular weight is 145 g/mol. The molecule has 2 atom stereocenters. The molecule has 0 aliphatic heterocycles. The molecule has 0 aromatic rings. The van der Waals surface area contributed by atoms with Crippen LogP contribution in [0.1, 0.15) is 6.42 Å². The Morgan fingerprint density at radius 2 is 2.22 bits per heavy atom. The quantitative estimate of drug-likeness (QED) is 0.484. The molecule has 0 radical (unpaired) electrons. The second kappa shape index (κ2) is 4.42. The minimum absolute atomic E-state index is 0.322. The lowest BCUT2D eigenvalue weighted by atomic mass is 10.3. The van der Waals surface area contributed by atoms with E-state index in [1.807, 2.05) is 0 Å². The van der Waals surface area contributed by atoms with Crippen LogP contribution in [-0.4, -0.2) is 10.6 Å². The van der Waals surface area contributed by atoms with Crippen molar-refractivity contribution in [3.63, 3.8) is 0 Å². The molecule has 0 fully saturated rings. The summed E-state index contributed by atoms with van der Waals surface area (Å²) in [6.07, 6.45) is 3.60. The van der Waals surface area contributed by atoms with Gasteiger partial charge in [-0.15, -0.1) is 6.58 Å². The van der Waals surface area contributed by atoms with Gasteiger partial charge in [0.05, 0.1) is 0 Å². The molecule has 0 aromatic heterocycles. The Morgan fingerprint density at radius 3 is 2.33 bits per heavy atom. The van der Waals surface area contributed by atoms with E-state index in [1.165, 1.54) is 6.08 Å². The van der Waals surface area contributed by atoms with Crippen molar-refractivity contribution in [2.45, 2.75) is 12.1 Å². The number of rotatable bonds is 4. The first-order chi connectivity index (χ1) is 4.22. The molecular weight excluding hydrogens is 135 g/mol. The van der Waals surface area contributed by atoms with Crippen molar-refractivity contribution in [2.75, 3.05) is 0 Å². The van der Waals surface area contributed by atoms with E-state index >= 15 is 0 Å². The molecule has 0 rings (SSSR count). The predicted octanol–water partition coefficient (Wildman–Crippen LogP) is 1.85. The highest BCUT2D eigenvalue weighted by Crippen LogP contribution is 2.25. The van der Waals surface area contributed by atoms with Gasteiger partial charge in [0.25, 0.3) is 0 Å². The van der Waals surface area contributed by atoms with E-state index in [9.17, 15) is 4.57 Å². The number of hydrogen-bond acceptors (Lipinski definition) is 1. The molecule has 0 aliphatic carbocycles. The Bertz CT molecular complexity index is 131. The summed E-state index contributed by atoms with van der Waals surface area (Å²) in [5.74, 6) is 0. The molecule has 9 heavy (non-hydrogen) atoms. The smallest absolute Gasteiger partial charge is 0.160 e. The van der Waals surface area contributed by atoms with Crippen LogP contribution in [0.5, 0.6) is 0 Å². The Kier molecular flexibility index (Phi) is 4.20. The zero-order valence-corrected chi connectivity index (χ0v) is 6.05. The summed E-state index contributed by atoms with van der Waals surface area (Å²) in [6.45, 7) is 6.85. The highest BCUT2D eigenvalue weighted by atomic mass is 31.1. The third-order valence-corrected chi connectivity index (χ3v) is 1.95. The van der Waals surface area contributed by atoms with Crippen LogP contribution in [0.25, 0.3) is 0 Å². The standard InChI is InChI=1S/C6H9O2P/c1-3-5-6(4-2)9(7)8/h3-4,6H,1-2,5H2/p+1. The molecule has 2 nitrogen and oxygen atoms in total. The molecule has 0 saturated heterocycles. The molecule has 0 saturated carbocycles. The third kappa shape index (κ3) is 3.17. The van der Waals surface area contributed by atoms with E-state index in [-0.39, 0.29) is 5.66 Å². The molecule has 0 heterocycles. The molecule has 2 unspecified atom stereocenters. The molecule has 1 N–H and O–H groups in total. The molecule has 3 heteroatoms. The first-order valence-electron chi connectivity index (χ1n) is 2.61. The summed E-state index contributed by atoms with van der Waals surface area (Å²) in [7, 11) is -2.11. The van der Waals surface area contributed by atoms with Crippen LogP contribution in [0.15, 0.2) is 25.3 Å². The summed E-state index contributed by atoms with van der Waals surface area (Å²) in [5, 5.41) is 0. The van der Waals surface area contributed by atoms with Crippen molar-refractivity contribution in [2.24, 2.45) is 0 Å². The second-order valence-electron chi connectivity index (χ2n) is 1.63. The van der Waals surface area contributed by atoms with Crippen molar-refractivity contribution in [1.29, 1.82) is 0 Å². The average Bonchev–Trinajstić information content (AvgIpc) is 1.82. The van der Waals surface area contributed by atoms with Gasteiger partial charge in [-0.25, -0.2) is 0 Å². The Labute approximate surface area is 55.8 Å². The van der Waals surface area contributed by atoms with E-state index in [0.717, 1.165) is 0 Å². The van der Waals surface area contributed by atoms with Crippen molar-refractivity contribution in [1.82, 2.24) is 0 Å². The van der Waals surface area contributed by atoms with Gasteiger partial charge in [-0.2, -0.15) is 4.89 Å². The highest BCUT2D eigenvalue weighted by Gasteiger charge is 2.22. The lowest BCUT2D eigenvalue weighted by molar-refractivity contribution is 0.496. The molecule has 0 bridgehead atoms. The summed E-state index contributed by atoms with van der Waals surface area (Å²) >= 11 is 0. The lowest BCUT2D eigenvalue weighted by Crippen LogP contribution is -1.93. The summed E-state index contributed by atoms with van der Waals surface area (Å²) in [4.78, 5) is 8.53. The summed E-state index contributed by atoms with van der Waals surface area (Å²) in [5.41, 5.74) is -0.322. The minimum atomic E-state index is -2.11. The van der Waals surface area contributed by atoms with Gasteiger partial charge in [0.15, 0.2) is 0 Å². The second-order valence-corrected chi connectivity index (χ2v) is 2.90. The lowest BCUT2D eigenvalue weighted by Gasteiger charge is -1.88. The molecular formula is C6H10O2P+. The fraction of sp³-hybridized carbons (Fsp3) is 0.333. The van der Waals surface area contributed by atoms with E-state index in [2.05, 4.69) is 13.2 Å². The van der Waals surface area contributed by atoms with Crippen molar-refractivity contribution >= 4 is 8.03 Å². The molecule has 0 amide bonds. The van der Waals surface area contributed by atoms with Gasteiger partial charge in [-0.1, -0.05) is 12.7 Å². The van der Waals surface area contributed by atoms with Gasteiger partial charge in [-0.3, -0.25) is 0 Å². The van der Waals surface area contributed by atoms with Crippen LogP contribution in [0, 0.1) is 0 Å². The maximum Gasteiger partial charge on any atom is 0.513 e. The normalized spacial score (nSPS) is 14.1. The monoisotopic (exact) mass is 145 g/mol. The van der Waals surface area contributed by atoms with E-state index in [0.29, 0.717) is 6.42 Å². The Balaban J connectivity index is 3.81. The van der Waals surface area contributed by atoms with Crippen LogP contribution in [0.3, 0.4) is 0 Å². The minimum Gasteiger partial charge on any atom is -0.160 e. The zero-order valence-electron chi connectivity index (χ0n) is 5.16. The number of allylic oxidation sites excluding steroid dienone is 2. The summed E-state index contributed by atoms with van der Waals surface area (Å²) < 4.78 is 10.3. The molecule has 50 valence electrons. The first kappa shape index (κ1) is 8.54. The molecule has 0 aromatic carbocycles. The van der Waals surface area contributed by atoms with Gasteiger partial charge in [-0.05, 0) is 10.6 Å². The third-order valence-electron chi connectivity index (χ3n) is 0.964. The van der Waals surface area contributed by atoms with Crippen molar-refractivity contribution < 1.29 is 9.46 Å². The zero-order chi connectivity index (χ0) is 7.28. The van der Waals surface area contributed by atoms with Crippen LogP contribution >= 0.6 is 8.03 Å². The van der Waals surface area contributed by atoms with Crippen LogP contribution in [-0.2, 0) is 4.57 Å². The largest absolute Gasteiger partial charge is 0.513 e. The van der Waals surface area contributed by atoms with Crippen LogP contribution in [0.2, 0.25) is 0 Å². The van der Waals surface area contributed by atoms with Crippen molar-refractivity contribution in [3.05, 3.63) is 25.3 Å². The maximum absolute atomic E-state index is 10.3. The Hall–Kier alpha value is -0.460. The predicted molar refractivity (Wildman–Crippen MR) is 38.6 cm³/mol. The van der Waals surface area contributed by atoms with Gasteiger partial charge >= 0.3 is 8.03 Å². The van der Waals surface area contributed by atoms with E-state index in [1.54, 1.807) is 6.08 Å². The topological polar surface area (TPSA) is 37.3 Å². The highest BCUT2D eigenvalue weighted by molar-refractivity contribution is 7.39. The van der Waals surface area contributed by atoms with Gasteiger partial charge in [0.1, 0.15) is 0 Å². The number of hydrogen-bond donors (Lipinski definition) is 1. The van der Waals surface area contributed by atoms with Gasteiger partial charge in [0, 0.05) is 6.42 Å². The fourth-order valence-corrected chi connectivity index (χ4v) is 0.957. The summed E-state index contributed by atoms with van der Waals surface area (Å²) in [6, 6.07) is 0. The van der Waals surface area contributed by atoms with E-state index < -0.39 is 8.03 Å². The molecule has 0 aliphatic rings.